The van der Waals surface area contributed by atoms with E-state index >= 15 is 0 Å². The van der Waals surface area contributed by atoms with Gasteiger partial charge in [-0.3, -0.25) is 4.79 Å². The molecule has 24 heavy (non-hydrogen) atoms. The van der Waals surface area contributed by atoms with Crippen LogP contribution in [0.2, 0.25) is 5.02 Å². The molecule has 0 aliphatic rings. The van der Waals surface area contributed by atoms with Crippen molar-refractivity contribution in [1.29, 1.82) is 0 Å². The molecule has 0 fully saturated rings. The largest absolute Gasteiger partial charge is 0.497 e. The molecular weight excluding hydrogens is 328 g/mol. The second kappa shape index (κ2) is 8.93. The van der Waals surface area contributed by atoms with Crippen molar-refractivity contribution in [2.75, 3.05) is 13.7 Å². The number of rotatable bonds is 7. The fraction of sp³-hybridized carbons (Fsp3) is 0.222. The van der Waals surface area contributed by atoms with Gasteiger partial charge in [0.25, 0.3) is 0 Å². The fourth-order valence-corrected chi connectivity index (χ4v) is 2.26. The molecule has 1 amide bonds. The van der Waals surface area contributed by atoms with Crippen LogP contribution in [0.3, 0.4) is 0 Å². The van der Waals surface area contributed by atoms with Crippen LogP contribution in [-0.2, 0) is 11.2 Å². The highest BCUT2D eigenvalue weighted by atomic mass is 35.5. The average Bonchev–Trinajstić information content (AvgIpc) is 2.58. The second-order valence-corrected chi connectivity index (χ2v) is 5.31. The van der Waals surface area contributed by atoms with Crippen LogP contribution in [0.15, 0.2) is 47.6 Å². The molecule has 6 heteroatoms. The molecule has 126 valence electrons. The third-order valence-corrected chi connectivity index (χ3v) is 3.58. The molecule has 0 radical (unpaired) electrons. The Morgan fingerprint density at radius 2 is 2.08 bits per heavy atom. The molecule has 0 saturated carbocycles. The Morgan fingerprint density at radius 3 is 2.83 bits per heavy atom. The first kappa shape index (κ1) is 17.8. The molecule has 0 aliphatic heterocycles. The zero-order chi connectivity index (χ0) is 17.4. The normalized spacial score (nSPS) is 10.6. The molecule has 2 aromatic rings. The number of halogens is 1. The highest BCUT2D eigenvalue weighted by molar-refractivity contribution is 6.31. The highest BCUT2D eigenvalue weighted by Gasteiger charge is 2.08. The van der Waals surface area contributed by atoms with Gasteiger partial charge >= 0.3 is 0 Å². The lowest BCUT2D eigenvalue weighted by Gasteiger charge is -2.07. The number of nitrogens with zero attached hydrogens (tertiary/aromatic N) is 1. The van der Waals surface area contributed by atoms with Crippen molar-refractivity contribution in [2.45, 2.75) is 13.3 Å². The van der Waals surface area contributed by atoms with Crippen molar-refractivity contribution in [3.63, 3.8) is 0 Å². The van der Waals surface area contributed by atoms with E-state index in [-0.39, 0.29) is 12.3 Å². The van der Waals surface area contributed by atoms with Gasteiger partial charge in [0.2, 0.25) is 5.91 Å². The van der Waals surface area contributed by atoms with Crippen LogP contribution >= 0.6 is 11.6 Å². The number of hydrazone groups is 1. The lowest BCUT2D eigenvalue weighted by Crippen LogP contribution is -2.20. The molecule has 0 heterocycles. The number of methoxy groups -OCH3 is 1. The van der Waals surface area contributed by atoms with Crippen molar-refractivity contribution in [3.8, 4) is 11.5 Å². The van der Waals surface area contributed by atoms with Gasteiger partial charge in [0.1, 0.15) is 11.5 Å². The summed E-state index contributed by atoms with van der Waals surface area (Å²) in [4.78, 5) is 12.0. The first-order valence-corrected chi connectivity index (χ1v) is 7.88. The Balaban J connectivity index is 1.98. The number of nitrogens with one attached hydrogen (secondary N) is 1. The quantitative estimate of drug-likeness (QED) is 0.617. The zero-order valence-electron chi connectivity index (χ0n) is 13.6. The summed E-state index contributed by atoms with van der Waals surface area (Å²) in [7, 11) is 1.56. The Bertz CT molecular complexity index is 732. The Kier molecular flexibility index (Phi) is 6.63. The molecule has 2 aromatic carbocycles. The number of amides is 1. The minimum atomic E-state index is -0.268. The van der Waals surface area contributed by atoms with E-state index in [1.165, 1.54) is 0 Å². The van der Waals surface area contributed by atoms with E-state index in [0.717, 1.165) is 5.56 Å². The molecule has 2 rings (SSSR count). The van der Waals surface area contributed by atoms with Crippen molar-refractivity contribution in [2.24, 2.45) is 5.10 Å². The van der Waals surface area contributed by atoms with Crippen LogP contribution < -0.4 is 14.9 Å². The Morgan fingerprint density at radius 1 is 1.29 bits per heavy atom. The number of carbonyl (C=O) groups is 1. The summed E-state index contributed by atoms with van der Waals surface area (Å²) in [5.41, 5.74) is 3.96. The van der Waals surface area contributed by atoms with Gasteiger partial charge in [0.05, 0.1) is 26.4 Å². The third-order valence-electron chi connectivity index (χ3n) is 3.22. The van der Waals surface area contributed by atoms with E-state index in [1.54, 1.807) is 31.5 Å². The predicted octanol–water partition coefficient (Wildman–Crippen LogP) is 3.44. The Labute approximate surface area is 146 Å². The van der Waals surface area contributed by atoms with Gasteiger partial charge in [-0.15, -0.1) is 0 Å². The topological polar surface area (TPSA) is 59.9 Å². The van der Waals surface area contributed by atoms with Gasteiger partial charge in [-0.2, -0.15) is 5.10 Å². The summed E-state index contributed by atoms with van der Waals surface area (Å²) in [6.45, 7) is 2.47. The van der Waals surface area contributed by atoms with E-state index in [4.69, 9.17) is 21.1 Å². The number of hydrogen-bond acceptors (Lipinski definition) is 4. The second-order valence-electron chi connectivity index (χ2n) is 4.90. The summed E-state index contributed by atoms with van der Waals surface area (Å²) in [6.07, 6.45) is 1.66. The smallest absolute Gasteiger partial charge is 0.244 e. The van der Waals surface area contributed by atoms with Gasteiger partial charge in [0.15, 0.2) is 0 Å². The van der Waals surface area contributed by atoms with E-state index in [0.29, 0.717) is 28.7 Å². The maximum Gasteiger partial charge on any atom is 0.244 e. The van der Waals surface area contributed by atoms with E-state index in [1.807, 2.05) is 31.2 Å². The lowest BCUT2D eigenvalue weighted by atomic mass is 10.1. The van der Waals surface area contributed by atoms with Gasteiger partial charge in [-0.1, -0.05) is 23.7 Å². The molecule has 0 spiro atoms. The van der Waals surface area contributed by atoms with Crippen LogP contribution in [0.1, 0.15) is 18.1 Å². The van der Waals surface area contributed by atoms with Gasteiger partial charge in [0, 0.05) is 10.6 Å². The SMILES string of the molecule is CCOc1ccccc1/C=N/NC(=O)Cc1cc(OC)ccc1Cl. The Hall–Kier alpha value is -2.53. The van der Waals surface area contributed by atoms with Crippen molar-refractivity contribution >= 4 is 23.7 Å². The van der Waals surface area contributed by atoms with Gasteiger partial charge < -0.3 is 9.47 Å². The molecule has 0 aliphatic carbocycles. The number of benzene rings is 2. The summed E-state index contributed by atoms with van der Waals surface area (Å²) < 4.78 is 10.6. The first-order valence-electron chi connectivity index (χ1n) is 7.50. The molecule has 0 atom stereocenters. The van der Waals surface area contributed by atoms with Gasteiger partial charge in [-0.25, -0.2) is 5.43 Å². The summed E-state index contributed by atoms with van der Waals surface area (Å²) in [6, 6.07) is 12.6. The van der Waals surface area contributed by atoms with Crippen molar-refractivity contribution in [3.05, 3.63) is 58.6 Å². The van der Waals surface area contributed by atoms with Crippen LogP contribution in [0.25, 0.3) is 0 Å². The first-order chi connectivity index (χ1) is 11.6. The van der Waals surface area contributed by atoms with E-state index in [9.17, 15) is 4.79 Å². The highest BCUT2D eigenvalue weighted by Crippen LogP contribution is 2.22. The molecular formula is C18H19ClN2O3. The number of carbonyl (C=O) groups excluding carboxylic acids is 1. The van der Waals surface area contributed by atoms with Gasteiger partial charge in [-0.05, 0) is 42.8 Å². The van der Waals surface area contributed by atoms with E-state index < -0.39 is 0 Å². The number of para-hydroxylation sites is 1. The van der Waals surface area contributed by atoms with Crippen LogP contribution in [0.4, 0.5) is 0 Å². The minimum absolute atomic E-state index is 0.112. The maximum absolute atomic E-state index is 12.0. The van der Waals surface area contributed by atoms with E-state index in [2.05, 4.69) is 10.5 Å². The van der Waals surface area contributed by atoms with Crippen LogP contribution in [-0.4, -0.2) is 25.8 Å². The van der Waals surface area contributed by atoms with Crippen molar-refractivity contribution in [1.82, 2.24) is 5.43 Å². The standard InChI is InChI=1S/C18H19ClN2O3/c1-3-24-17-7-5-4-6-13(17)12-20-21-18(22)11-14-10-15(23-2)8-9-16(14)19/h4-10,12H,3,11H2,1-2H3,(H,21,22)/b20-12+. The maximum atomic E-state index is 12.0. The van der Waals surface area contributed by atoms with Crippen molar-refractivity contribution < 1.29 is 14.3 Å². The minimum Gasteiger partial charge on any atom is -0.497 e. The molecule has 0 saturated heterocycles. The van der Waals surface area contributed by atoms with Crippen LogP contribution in [0, 0.1) is 0 Å². The molecule has 0 aromatic heterocycles. The van der Waals surface area contributed by atoms with Crippen LogP contribution in [0.5, 0.6) is 11.5 Å². The number of hydrogen-bond donors (Lipinski definition) is 1. The monoisotopic (exact) mass is 346 g/mol. The summed E-state index contributed by atoms with van der Waals surface area (Å²) >= 11 is 6.09. The fourth-order valence-electron chi connectivity index (χ4n) is 2.07. The molecule has 1 N–H and O–H groups in total. The summed E-state index contributed by atoms with van der Waals surface area (Å²) in [5, 5.41) is 4.48. The lowest BCUT2D eigenvalue weighted by molar-refractivity contribution is -0.120. The molecule has 0 unspecified atom stereocenters. The zero-order valence-corrected chi connectivity index (χ0v) is 14.3. The predicted molar refractivity (Wildman–Crippen MR) is 95.1 cm³/mol. The number of ether oxygens (including phenoxy) is 2. The average molecular weight is 347 g/mol. The summed E-state index contributed by atoms with van der Waals surface area (Å²) in [5.74, 6) is 1.10. The third kappa shape index (κ3) is 4.99. The molecule has 0 bridgehead atoms. The molecule has 5 nitrogen and oxygen atoms in total.